The van der Waals surface area contributed by atoms with Gasteiger partial charge in [-0.15, -0.1) is 0 Å². The third-order valence-electron chi connectivity index (χ3n) is 5.97. The molecule has 4 rings (SSSR count). The summed E-state index contributed by atoms with van der Waals surface area (Å²) in [4.78, 5) is 52.3. The smallest absolute Gasteiger partial charge is 0.325 e. The van der Waals surface area contributed by atoms with E-state index in [0.717, 1.165) is 10.5 Å². The first-order valence-electron chi connectivity index (χ1n) is 11.3. The Hall–Kier alpha value is -4.66. The molecule has 36 heavy (non-hydrogen) atoms. The van der Waals surface area contributed by atoms with E-state index in [0.29, 0.717) is 17.0 Å². The molecule has 1 atom stereocenters. The van der Waals surface area contributed by atoms with Crippen molar-refractivity contribution in [3.63, 3.8) is 0 Å². The standard InChI is InChI=1S/C27H26N4O5/c1-17-7-6-8-19(15-17)28-24(33)21-9-4-5-10-22(21)29-23(32)16-31-25(34)27(2,30-26(31)35)18-11-13-20(36-3)14-12-18/h4-15H,16H2,1-3H3,(H,28,33)(H,29,32)(H,30,35)/t27-/m1/s1. The third-order valence-corrected chi connectivity index (χ3v) is 5.97. The highest BCUT2D eigenvalue weighted by Gasteiger charge is 2.49. The molecular weight excluding hydrogens is 460 g/mol. The van der Waals surface area contributed by atoms with Crippen molar-refractivity contribution in [3.05, 3.63) is 89.5 Å². The van der Waals surface area contributed by atoms with E-state index in [1.807, 2.05) is 25.1 Å². The SMILES string of the molecule is COc1ccc([C@@]2(C)NC(=O)N(CC(=O)Nc3ccccc3C(=O)Nc3cccc(C)c3)C2=O)cc1. The first-order valence-corrected chi connectivity index (χ1v) is 11.3. The van der Waals surface area contributed by atoms with Gasteiger partial charge < -0.3 is 20.7 Å². The minimum Gasteiger partial charge on any atom is -0.497 e. The Kier molecular flexibility index (Phi) is 6.73. The number of amides is 5. The van der Waals surface area contributed by atoms with Crippen LogP contribution in [-0.2, 0) is 15.1 Å². The minimum atomic E-state index is -1.32. The molecule has 5 amide bonds. The van der Waals surface area contributed by atoms with E-state index in [1.54, 1.807) is 61.5 Å². The fourth-order valence-electron chi connectivity index (χ4n) is 4.01. The van der Waals surface area contributed by atoms with Crippen molar-refractivity contribution in [2.75, 3.05) is 24.3 Å². The molecule has 3 N–H and O–H groups in total. The molecule has 1 aliphatic heterocycles. The van der Waals surface area contributed by atoms with Gasteiger partial charge in [-0.05, 0) is 61.4 Å². The molecule has 1 aliphatic rings. The zero-order valence-electron chi connectivity index (χ0n) is 20.1. The van der Waals surface area contributed by atoms with Crippen LogP contribution < -0.4 is 20.7 Å². The van der Waals surface area contributed by atoms with Gasteiger partial charge in [0.05, 0.1) is 18.4 Å². The van der Waals surface area contributed by atoms with Crippen molar-refractivity contribution in [1.29, 1.82) is 0 Å². The normalized spacial score (nSPS) is 16.9. The lowest BCUT2D eigenvalue weighted by Crippen LogP contribution is -2.42. The van der Waals surface area contributed by atoms with Crippen LogP contribution in [0.4, 0.5) is 16.2 Å². The Morgan fingerprint density at radius 1 is 0.972 bits per heavy atom. The van der Waals surface area contributed by atoms with Gasteiger partial charge in [-0.3, -0.25) is 19.3 Å². The highest BCUT2D eigenvalue weighted by atomic mass is 16.5. The predicted molar refractivity (Wildman–Crippen MR) is 135 cm³/mol. The van der Waals surface area contributed by atoms with E-state index < -0.39 is 35.8 Å². The Balaban J connectivity index is 1.47. The van der Waals surface area contributed by atoms with Gasteiger partial charge in [0.2, 0.25) is 5.91 Å². The molecule has 1 saturated heterocycles. The van der Waals surface area contributed by atoms with Crippen LogP contribution in [0, 0.1) is 6.92 Å². The average molecular weight is 487 g/mol. The van der Waals surface area contributed by atoms with Crippen molar-refractivity contribution in [2.24, 2.45) is 0 Å². The number of nitrogens with zero attached hydrogens (tertiary/aromatic N) is 1. The number of nitrogens with one attached hydrogen (secondary N) is 3. The maximum absolute atomic E-state index is 13.2. The number of anilines is 2. The van der Waals surface area contributed by atoms with Crippen molar-refractivity contribution in [3.8, 4) is 5.75 Å². The summed E-state index contributed by atoms with van der Waals surface area (Å²) in [7, 11) is 1.53. The summed E-state index contributed by atoms with van der Waals surface area (Å²) in [6.45, 7) is 2.99. The molecule has 0 aromatic heterocycles. The second-order valence-corrected chi connectivity index (χ2v) is 8.59. The number of ether oxygens (including phenoxy) is 1. The van der Waals surface area contributed by atoms with Crippen LogP contribution in [0.25, 0.3) is 0 Å². The summed E-state index contributed by atoms with van der Waals surface area (Å²) in [5.41, 5.74) is 1.35. The van der Waals surface area contributed by atoms with Crippen LogP contribution >= 0.6 is 0 Å². The van der Waals surface area contributed by atoms with E-state index in [9.17, 15) is 19.2 Å². The predicted octanol–water partition coefficient (Wildman–Crippen LogP) is 3.66. The molecule has 0 aliphatic carbocycles. The van der Waals surface area contributed by atoms with Crippen LogP contribution in [0.3, 0.4) is 0 Å². The molecule has 0 spiro atoms. The zero-order chi connectivity index (χ0) is 25.9. The Morgan fingerprint density at radius 3 is 2.39 bits per heavy atom. The summed E-state index contributed by atoms with van der Waals surface area (Å²) in [6, 6.07) is 19.9. The second kappa shape index (κ2) is 9.91. The number of carbonyl (C=O) groups excluding carboxylic acids is 4. The fourth-order valence-corrected chi connectivity index (χ4v) is 4.01. The van der Waals surface area contributed by atoms with E-state index in [2.05, 4.69) is 16.0 Å². The Labute approximate surface area is 208 Å². The van der Waals surface area contributed by atoms with Gasteiger partial charge in [0, 0.05) is 5.69 Å². The number of hydrogen-bond donors (Lipinski definition) is 3. The second-order valence-electron chi connectivity index (χ2n) is 8.59. The van der Waals surface area contributed by atoms with Gasteiger partial charge in [0.15, 0.2) is 0 Å². The van der Waals surface area contributed by atoms with E-state index in [-0.39, 0.29) is 11.3 Å². The minimum absolute atomic E-state index is 0.243. The van der Waals surface area contributed by atoms with Gasteiger partial charge in [-0.1, -0.05) is 36.4 Å². The third kappa shape index (κ3) is 4.90. The van der Waals surface area contributed by atoms with Gasteiger partial charge >= 0.3 is 6.03 Å². The lowest BCUT2D eigenvalue weighted by atomic mass is 9.92. The van der Waals surface area contributed by atoms with E-state index >= 15 is 0 Å². The monoisotopic (exact) mass is 486 g/mol. The van der Waals surface area contributed by atoms with Gasteiger partial charge in [0.1, 0.15) is 17.8 Å². The molecule has 9 nitrogen and oxygen atoms in total. The van der Waals surface area contributed by atoms with E-state index in [1.165, 1.54) is 7.11 Å². The first kappa shape index (κ1) is 24.5. The molecule has 0 unspecified atom stereocenters. The number of benzene rings is 3. The number of rotatable bonds is 7. The molecule has 0 radical (unpaired) electrons. The van der Waals surface area contributed by atoms with Crippen molar-refractivity contribution >= 4 is 35.1 Å². The maximum Gasteiger partial charge on any atom is 0.325 e. The quantitative estimate of drug-likeness (QED) is 0.441. The van der Waals surface area contributed by atoms with Crippen LogP contribution in [0.1, 0.15) is 28.4 Å². The topological polar surface area (TPSA) is 117 Å². The number of methoxy groups -OCH3 is 1. The number of imide groups is 1. The van der Waals surface area contributed by atoms with Crippen molar-refractivity contribution in [2.45, 2.75) is 19.4 Å². The highest BCUT2D eigenvalue weighted by molar-refractivity contribution is 6.12. The average Bonchev–Trinajstić information content (AvgIpc) is 3.08. The number of hydrogen-bond acceptors (Lipinski definition) is 5. The molecule has 9 heteroatoms. The first-order chi connectivity index (χ1) is 17.2. The molecule has 1 heterocycles. The van der Waals surface area contributed by atoms with Gasteiger partial charge in [0.25, 0.3) is 11.8 Å². The van der Waals surface area contributed by atoms with Crippen LogP contribution in [0.2, 0.25) is 0 Å². The molecular formula is C27H26N4O5. The van der Waals surface area contributed by atoms with Crippen LogP contribution in [0.5, 0.6) is 5.75 Å². The number of para-hydroxylation sites is 1. The number of carbonyl (C=O) groups is 4. The van der Waals surface area contributed by atoms with Gasteiger partial charge in [-0.25, -0.2) is 4.79 Å². The lowest BCUT2D eigenvalue weighted by Gasteiger charge is -2.22. The largest absolute Gasteiger partial charge is 0.497 e. The molecule has 3 aromatic rings. The summed E-state index contributed by atoms with van der Waals surface area (Å²) in [5, 5.41) is 8.12. The molecule has 184 valence electrons. The summed E-state index contributed by atoms with van der Waals surface area (Å²) < 4.78 is 5.14. The zero-order valence-corrected chi connectivity index (χ0v) is 20.1. The summed E-state index contributed by atoms with van der Waals surface area (Å²) >= 11 is 0. The Morgan fingerprint density at radius 2 is 1.69 bits per heavy atom. The molecule has 0 saturated carbocycles. The number of urea groups is 1. The van der Waals surface area contributed by atoms with Crippen molar-refractivity contribution < 1.29 is 23.9 Å². The van der Waals surface area contributed by atoms with Crippen LogP contribution in [0.15, 0.2) is 72.8 Å². The van der Waals surface area contributed by atoms with Gasteiger partial charge in [-0.2, -0.15) is 0 Å². The number of aryl methyl sites for hydroxylation is 1. The van der Waals surface area contributed by atoms with Crippen LogP contribution in [-0.4, -0.2) is 42.3 Å². The molecule has 0 bridgehead atoms. The molecule has 1 fully saturated rings. The maximum atomic E-state index is 13.2. The summed E-state index contributed by atoms with van der Waals surface area (Å²) in [5.74, 6) is -0.967. The van der Waals surface area contributed by atoms with Crippen molar-refractivity contribution in [1.82, 2.24) is 10.2 Å². The Bertz CT molecular complexity index is 1340. The van der Waals surface area contributed by atoms with E-state index in [4.69, 9.17) is 4.74 Å². The highest BCUT2D eigenvalue weighted by Crippen LogP contribution is 2.30. The lowest BCUT2D eigenvalue weighted by molar-refractivity contribution is -0.133. The molecule has 3 aromatic carbocycles. The fraction of sp³-hybridized carbons (Fsp3) is 0.185. The summed E-state index contributed by atoms with van der Waals surface area (Å²) in [6.07, 6.45) is 0.